The van der Waals surface area contributed by atoms with E-state index in [0.717, 1.165) is 19.0 Å². The summed E-state index contributed by atoms with van der Waals surface area (Å²) in [5.41, 5.74) is 1.15. The van der Waals surface area contributed by atoms with Crippen LogP contribution in [-0.2, 0) is 0 Å². The molecule has 2 aromatic rings. The molecular weight excluding hydrogens is 304 g/mol. The van der Waals surface area contributed by atoms with Crippen LogP contribution in [0.2, 0.25) is 0 Å². The molecule has 1 aliphatic rings. The highest BCUT2D eigenvalue weighted by molar-refractivity contribution is 6.05. The fourth-order valence-corrected chi connectivity index (χ4v) is 2.74. The van der Waals surface area contributed by atoms with Gasteiger partial charge in [-0.2, -0.15) is 4.98 Å². The quantitative estimate of drug-likeness (QED) is 0.928. The molecule has 3 rings (SSSR count). The zero-order chi connectivity index (χ0) is 16.9. The second kappa shape index (κ2) is 7.25. The lowest BCUT2D eigenvalue weighted by Crippen LogP contribution is -2.31. The van der Waals surface area contributed by atoms with E-state index in [-0.39, 0.29) is 5.91 Å². The van der Waals surface area contributed by atoms with Gasteiger partial charge in [0.15, 0.2) is 5.82 Å². The molecule has 2 aromatic heterocycles. The number of rotatable bonds is 4. The van der Waals surface area contributed by atoms with E-state index in [2.05, 4.69) is 25.2 Å². The molecular formula is C17H22N6O. The highest BCUT2D eigenvalue weighted by Crippen LogP contribution is 2.25. The summed E-state index contributed by atoms with van der Waals surface area (Å²) in [6.45, 7) is 1.96. The van der Waals surface area contributed by atoms with Gasteiger partial charge in [0.05, 0.1) is 6.20 Å². The van der Waals surface area contributed by atoms with Gasteiger partial charge in [0.25, 0.3) is 5.91 Å². The fourth-order valence-electron chi connectivity index (χ4n) is 2.74. The molecule has 1 fully saturated rings. The highest BCUT2D eigenvalue weighted by atomic mass is 16.1. The minimum Gasteiger partial charge on any atom is -0.361 e. The van der Waals surface area contributed by atoms with E-state index < -0.39 is 0 Å². The summed E-state index contributed by atoms with van der Waals surface area (Å²) in [4.78, 5) is 29.5. The minimum atomic E-state index is -0.199. The Bertz CT molecular complexity index is 697. The van der Waals surface area contributed by atoms with Crippen molar-refractivity contribution in [2.24, 2.45) is 0 Å². The number of anilines is 3. The van der Waals surface area contributed by atoms with E-state index in [9.17, 15) is 4.79 Å². The summed E-state index contributed by atoms with van der Waals surface area (Å²) in [6.07, 6.45) is 8.47. The normalized spacial score (nSPS) is 14.3. The number of hydrogen-bond acceptors (Lipinski definition) is 6. The van der Waals surface area contributed by atoms with E-state index in [0.29, 0.717) is 17.1 Å². The third kappa shape index (κ3) is 3.61. The average Bonchev–Trinajstić information content (AvgIpc) is 2.63. The molecule has 0 bridgehead atoms. The lowest BCUT2D eigenvalue weighted by atomic mass is 10.1. The summed E-state index contributed by atoms with van der Waals surface area (Å²) in [6, 6.07) is 3.35. The third-order valence-electron chi connectivity index (χ3n) is 4.01. The van der Waals surface area contributed by atoms with Crippen molar-refractivity contribution < 1.29 is 4.79 Å². The van der Waals surface area contributed by atoms with Gasteiger partial charge < -0.3 is 15.1 Å². The maximum Gasteiger partial charge on any atom is 0.255 e. The van der Waals surface area contributed by atoms with Crippen molar-refractivity contribution in [2.45, 2.75) is 19.3 Å². The van der Waals surface area contributed by atoms with Crippen LogP contribution in [0.1, 0.15) is 29.6 Å². The van der Waals surface area contributed by atoms with Crippen molar-refractivity contribution in [3.8, 4) is 0 Å². The summed E-state index contributed by atoms with van der Waals surface area (Å²) >= 11 is 0. The second-order valence-corrected chi connectivity index (χ2v) is 6.04. The molecule has 24 heavy (non-hydrogen) atoms. The molecule has 0 aromatic carbocycles. The number of carbonyl (C=O) groups is 1. The van der Waals surface area contributed by atoms with Crippen molar-refractivity contribution in [2.75, 3.05) is 42.3 Å². The number of pyridine rings is 1. The topological polar surface area (TPSA) is 74.2 Å². The molecule has 3 heterocycles. The summed E-state index contributed by atoms with van der Waals surface area (Å²) in [5, 5.41) is 2.89. The van der Waals surface area contributed by atoms with Crippen LogP contribution in [0.25, 0.3) is 0 Å². The van der Waals surface area contributed by atoms with E-state index in [1.54, 1.807) is 30.7 Å². The summed E-state index contributed by atoms with van der Waals surface area (Å²) in [5.74, 6) is 1.23. The Hall–Kier alpha value is -2.70. The molecule has 1 saturated heterocycles. The summed E-state index contributed by atoms with van der Waals surface area (Å²) in [7, 11) is 3.81. The maximum atomic E-state index is 12.4. The molecule has 0 spiro atoms. The van der Waals surface area contributed by atoms with Gasteiger partial charge in [-0.3, -0.25) is 9.78 Å². The number of piperidine rings is 1. The van der Waals surface area contributed by atoms with Gasteiger partial charge in [0, 0.05) is 45.1 Å². The maximum absolute atomic E-state index is 12.4. The predicted octanol–water partition coefficient (Wildman–Crippen LogP) is 2.18. The molecule has 1 N–H and O–H groups in total. The Morgan fingerprint density at radius 1 is 1.17 bits per heavy atom. The Morgan fingerprint density at radius 3 is 2.54 bits per heavy atom. The van der Waals surface area contributed by atoms with Crippen molar-refractivity contribution in [1.82, 2.24) is 15.0 Å². The second-order valence-electron chi connectivity index (χ2n) is 6.04. The lowest BCUT2D eigenvalue weighted by molar-refractivity contribution is 0.102. The predicted molar refractivity (Wildman–Crippen MR) is 94.6 cm³/mol. The van der Waals surface area contributed by atoms with Crippen LogP contribution in [0.3, 0.4) is 0 Å². The molecule has 0 aliphatic carbocycles. The minimum absolute atomic E-state index is 0.199. The van der Waals surface area contributed by atoms with E-state index in [4.69, 9.17) is 0 Å². The molecule has 0 unspecified atom stereocenters. The van der Waals surface area contributed by atoms with Crippen LogP contribution in [-0.4, -0.2) is 48.0 Å². The Labute approximate surface area is 141 Å². The van der Waals surface area contributed by atoms with Gasteiger partial charge >= 0.3 is 0 Å². The van der Waals surface area contributed by atoms with Crippen molar-refractivity contribution in [3.05, 3.63) is 36.3 Å². The van der Waals surface area contributed by atoms with Gasteiger partial charge in [-0.15, -0.1) is 0 Å². The monoisotopic (exact) mass is 326 g/mol. The zero-order valence-corrected chi connectivity index (χ0v) is 14.1. The van der Waals surface area contributed by atoms with E-state index in [1.807, 2.05) is 19.0 Å². The average molecular weight is 326 g/mol. The largest absolute Gasteiger partial charge is 0.361 e. The Kier molecular flexibility index (Phi) is 4.88. The molecule has 0 radical (unpaired) electrons. The van der Waals surface area contributed by atoms with Crippen LogP contribution in [0, 0.1) is 0 Å². The van der Waals surface area contributed by atoms with Crippen LogP contribution >= 0.6 is 0 Å². The molecule has 1 amide bonds. The first-order valence-electron chi connectivity index (χ1n) is 8.16. The fraction of sp³-hybridized carbons (Fsp3) is 0.412. The third-order valence-corrected chi connectivity index (χ3v) is 4.01. The van der Waals surface area contributed by atoms with Crippen LogP contribution in [0.5, 0.6) is 0 Å². The number of nitrogens with one attached hydrogen (secondary N) is 1. The van der Waals surface area contributed by atoms with Crippen molar-refractivity contribution >= 4 is 23.4 Å². The molecule has 0 atom stereocenters. The molecule has 126 valence electrons. The first-order valence-corrected chi connectivity index (χ1v) is 8.16. The number of amides is 1. The Morgan fingerprint density at radius 2 is 1.88 bits per heavy atom. The first kappa shape index (κ1) is 16.2. The number of aromatic nitrogens is 3. The Balaban J connectivity index is 1.83. The van der Waals surface area contributed by atoms with E-state index >= 15 is 0 Å². The van der Waals surface area contributed by atoms with Crippen LogP contribution < -0.4 is 15.1 Å². The standard InChI is InChI=1S/C17H22N6O/c1-22(2)15-14(20-16(24)13-6-8-18-9-7-13)12-19-17(21-15)23-10-4-3-5-11-23/h6-9,12H,3-5,10-11H2,1-2H3,(H,20,24). The van der Waals surface area contributed by atoms with Crippen LogP contribution in [0.15, 0.2) is 30.7 Å². The highest BCUT2D eigenvalue weighted by Gasteiger charge is 2.18. The zero-order valence-electron chi connectivity index (χ0n) is 14.1. The number of nitrogens with zero attached hydrogens (tertiary/aromatic N) is 5. The van der Waals surface area contributed by atoms with Gasteiger partial charge in [0.1, 0.15) is 5.69 Å². The number of carbonyl (C=O) groups excluding carboxylic acids is 1. The SMILES string of the molecule is CN(C)c1nc(N2CCCCC2)ncc1NC(=O)c1ccncc1. The summed E-state index contributed by atoms with van der Waals surface area (Å²) < 4.78 is 0. The molecule has 7 heteroatoms. The van der Waals surface area contributed by atoms with Gasteiger partial charge in [-0.1, -0.05) is 0 Å². The van der Waals surface area contributed by atoms with Gasteiger partial charge in [-0.25, -0.2) is 4.98 Å². The van der Waals surface area contributed by atoms with Crippen molar-refractivity contribution in [1.29, 1.82) is 0 Å². The molecule has 0 saturated carbocycles. The van der Waals surface area contributed by atoms with E-state index in [1.165, 1.54) is 19.3 Å². The smallest absolute Gasteiger partial charge is 0.255 e. The lowest BCUT2D eigenvalue weighted by Gasteiger charge is -2.28. The molecule has 7 nitrogen and oxygen atoms in total. The van der Waals surface area contributed by atoms with Crippen molar-refractivity contribution in [3.63, 3.8) is 0 Å². The van der Waals surface area contributed by atoms with Crippen LogP contribution in [0.4, 0.5) is 17.5 Å². The van der Waals surface area contributed by atoms with Gasteiger partial charge in [0.2, 0.25) is 5.95 Å². The number of hydrogen-bond donors (Lipinski definition) is 1. The van der Waals surface area contributed by atoms with Gasteiger partial charge in [-0.05, 0) is 31.4 Å². The first-order chi connectivity index (χ1) is 11.6. The molecule has 1 aliphatic heterocycles.